The van der Waals surface area contributed by atoms with Crippen molar-refractivity contribution in [1.29, 1.82) is 0 Å². The van der Waals surface area contributed by atoms with Crippen LogP contribution < -0.4 is 4.90 Å². The molecule has 12 aromatic rings. The number of para-hydroxylation sites is 1. The van der Waals surface area contributed by atoms with Crippen LogP contribution in [0.3, 0.4) is 0 Å². The van der Waals surface area contributed by atoms with Crippen molar-refractivity contribution >= 4 is 60.2 Å². The van der Waals surface area contributed by atoms with E-state index in [4.69, 9.17) is 0 Å². The lowest BCUT2D eigenvalue weighted by Gasteiger charge is -2.29. The molecule has 0 aliphatic heterocycles. The predicted octanol–water partition coefficient (Wildman–Crippen LogP) is 18.1. The summed E-state index contributed by atoms with van der Waals surface area (Å²) in [6.07, 6.45) is 0. The molecule has 0 fully saturated rings. The molecule has 65 heavy (non-hydrogen) atoms. The first kappa shape index (κ1) is 38.2. The number of fused-ring (bicyclic) bond motifs is 5. The first-order valence-electron chi connectivity index (χ1n) is 22.4. The van der Waals surface area contributed by atoms with Crippen molar-refractivity contribution in [2.45, 2.75) is 0 Å². The van der Waals surface area contributed by atoms with E-state index in [1.54, 1.807) is 0 Å². The van der Waals surface area contributed by atoms with Gasteiger partial charge in [0.25, 0.3) is 0 Å². The fraction of sp³-hybridized carbons (Fsp3) is 0. The van der Waals surface area contributed by atoms with Crippen molar-refractivity contribution in [1.82, 2.24) is 0 Å². The molecule has 0 N–H and O–H groups in total. The number of benzene rings is 12. The molecule has 0 bridgehead atoms. The van der Waals surface area contributed by atoms with Gasteiger partial charge in [0.1, 0.15) is 0 Å². The molecule has 0 saturated carbocycles. The highest BCUT2D eigenvalue weighted by Gasteiger charge is 2.22. The van der Waals surface area contributed by atoms with Crippen LogP contribution >= 0.6 is 0 Å². The maximum absolute atomic E-state index is 2.45. The third-order valence-electron chi connectivity index (χ3n) is 13.0. The van der Waals surface area contributed by atoms with Crippen molar-refractivity contribution in [3.63, 3.8) is 0 Å². The molecule has 12 aromatic carbocycles. The Morgan fingerprint density at radius 1 is 0.215 bits per heavy atom. The van der Waals surface area contributed by atoms with Crippen molar-refractivity contribution < 1.29 is 0 Å². The Kier molecular flexibility index (Phi) is 9.58. The van der Waals surface area contributed by atoms with Gasteiger partial charge in [-0.15, -0.1) is 0 Å². The van der Waals surface area contributed by atoms with Gasteiger partial charge in [-0.05, 0) is 136 Å². The van der Waals surface area contributed by atoms with Gasteiger partial charge in [0.05, 0.1) is 5.69 Å². The first-order chi connectivity index (χ1) is 32.2. The average Bonchev–Trinajstić information content (AvgIpc) is 3.39. The van der Waals surface area contributed by atoms with Crippen LogP contribution in [0, 0.1) is 0 Å². The summed E-state index contributed by atoms with van der Waals surface area (Å²) in [7, 11) is 0. The molecule has 0 heterocycles. The molecule has 0 spiro atoms. The van der Waals surface area contributed by atoms with Gasteiger partial charge in [-0.2, -0.15) is 0 Å². The van der Waals surface area contributed by atoms with Crippen molar-refractivity contribution in [2.75, 3.05) is 4.90 Å². The molecule has 1 nitrogen and oxygen atoms in total. The normalized spacial score (nSPS) is 11.4. The second-order valence-corrected chi connectivity index (χ2v) is 16.8. The maximum Gasteiger partial charge on any atom is 0.0540 e. The molecule has 304 valence electrons. The van der Waals surface area contributed by atoms with E-state index >= 15 is 0 Å². The number of anilines is 3. The van der Waals surface area contributed by atoms with E-state index in [9.17, 15) is 0 Å². The summed E-state index contributed by atoms with van der Waals surface area (Å²) in [6, 6.07) is 95.4. The number of rotatable bonds is 8. The van der Waals surface area contributed by atoms with Gasteiger partial charge in [-0.1, -0.05) is 218 Å². The predicted molar refractivity (Wildman–Crippen MR) is 278 cm³/mol. The van der Waals surface area contributed by atoms with Gasteiger partial charge in [0, 0.05) is 16.9 Å². The lowest BCUT2D eigenvalue weighted by atomic mass is 9.84. The summed E-state index contributed by atoms with van der Waals surface area (Å²) < 4.78 is 0. The molecular formula is C64H43N. The number of hydrogen-bond donors (Lipinski definition) is 0. The Bertz CT molecular complexity index is 3700. The molecule has 0 radical (unpaired) electrons. The molecular weight excluding hydrogens is 783 g/mol. The highest BCUT2D eigenvalue weighted by Crippen LogP contribution is 2.48. The maximum atomic E-state index is 2.45. The molecule has 0 saturated heterocycles. The Hall–Kier alpha value is -8.52. The minimum Gasteiger partial charge on any atom is -0.310 e. The Morgan fingerprint density at radius 2 is 0.723 bits per heavy atom. The van der Waals surface area contributed by atoms with Crippen LogP contribution in [0.5, 0.6) is 0 Å². The highest BCUT2D eigenvalue weighted by molar-refractivity contribution is 6.22. The molecule has 0 aliphatic carbocycles. The smallest absolute Gasteiger partial charge is 0.0540 e. The summed E-state index contributed by atoms with van der Waals surface area (Å²) in [4.78, 5) is 2.45. The van der Waals surface area contributed by atoms with Crippen LogP contribution in [0.1, 0.15) is 0 Å². The van der Waals surface area contributed by atoms with Crippen LogP contribution in [0.25, 0.3) is 98.7 Å². The van der Waals surface area contributed by atoms with Crippen molar-refractivity contribution in [2.24, 2.45) is 0 Å². The standard InChI is InChI=1S/C64H43N/c1-4-18-44(19-5-1)48-34-35-50-41-54(38-36-49(50)40-48)65(53-27-16-26-51(42-53)56-32-17-25-45-20-10-11-28-55(45)56)62-33-15-14-29-57(62)52-37-39-59-58-30-12-13-31-60(58)63(46-21-6-2-7-22-46)64(61(59)43-52)47-23-8-3-9-24-47/h1-43H. The Labute approximate surface area is 379 Å². The largest absolute Gasteiger partial charge is 0.310 e. The third-order valence-corrected chi connectivity index (χ3v) is 13.0. The van der Waals surface area contributed by atoms with Crippen LogP contribution in [0.15, 0.2) is 261 Å². The Morgan fingerprint density at radius 3 is 1.51 bits per heavy atom. The van der Waals surface area contributed by atoms with E-state index in [-0.39, 0.29) is 0 Å². The molecule has 1 heteroatoms. The van der Waals surface area contributed by atoms with Crippen LogP contribution in [0.4, 0.5) is 17.1 Å². The van der Waals surface area contributed by atoms with E-state index in [0.29, 0.717) is 0 Å². The fourth-order valence-electron chi connectivity index (χ4n) is 9.98. The van der Waals surface area contributed by atoms with E-state index in [0.717, 1.165) is 28.2 Å². The van der Waals surface area contributed by atoms with Crippen LogP contribution in [-0.2, 0) is 0 Å². The molecule has 0 unspecified atom stereocenters. The molecule has 12 rings (SSSR count). The van der Waals surface area contributed by atoms with E-state index < -0.39 is 0 Å². The minimum atomic E-state index is 1.09. The van der Waals surface area contributed by atoms with E-state index in [1.807, 2.05) is 0 Å². The topological polar surface area (TPSA) is 3.24 Å². The zero-order valence-electron chi connectivity index (χ0n) is 35.8. The zero-order chi connectivity index (χ0) is 43.1. The van der Waals surface area contributed by atoms with Gasteiger partial charge >= 0.3 is 0 Å². The lowest BCUT2D eigenvalue weighted by molar-refractivity contribution is 1.29. The second kappa shape index (κ2) is 16.3. The summed E-state index contributed by atoms with van der Waals surface area (Å²) >= 11 is 0. The van der Waals surface area contributed by atoms with Gasteiger partial charge in [0.2, 0.25) is 0 Å². The van der Waals surface area contributed by atoms with E-state index in [2.05, 4.69) is 266 Å². The summed E-state index contributed by atoms with van der Waals surface area (Å²) in [5, 5.41) is 9.84. The summed E-state index contributed by atoms with van der Waals surface area (Å²) in [5.74, 6) is 0. The zero-order valence-corrected chi connectivity index (χ0v) is 35.8. The quantitative estimate of drug-likeness (QED) is 0.138. The lowest BCUT2D eigenvalue weighted by Crippen LogP contribution is -2.11. The average molecular weight is 826 g/mol. The van der Waals surface area contributed by atoms with Crippen molar-refractivity contribution in [3.8, 4) is 55.6 Å². The highest BCUT2D eigenvalue weighted by atomic mass is 15.1. The van der Waals surface area contributed by atoms with E-state index in [1.165, 1.54) is 87.6 Å². The molecule has 0 atom stereocenters. The molecule has 0 amide bonds. The summed E-state index contributed by atoms with van der Waals surface area (Å²) in [5.41, 5.74) is 15.3. The third kappa shape index (κ3) is 6.92. The second-order valence-electron chi connectivity index (χ2n) is 16.8. The van der Waals surface area contributed by atoms with Crippen LogP contribution in [0.2, 0.25) is 0 Å². The van der Waals surface area contributed by atoms with Crippen molar-refractivity contribution in [3.05, 3.63) is 261 Å². The van der Waals surface area contributed by atoms with Gasteiger partial charge in [-0.25, -0.2) is 0 Å². The number of nitrogens with zero attached hydrogens (tertiary/aromatic N) is 1. The number of hydrogen-bond acceptors (Lipinski definition) is 1. The SMILES string of the molecule is c1ccc(-c2ccc3cc(N(c4cccc(-c5cccc6ccccc56)c4)c4ccccc4-c4ccc5c(c4)c(-c4ccccc4)c(-c4ccccc4)c4ccccc45)ccc3c2)cc1. The Balaban J connectivity index is 1.09. The molecule has 0 aliphatic rings. The fourth-order valence-corrected chi connectivity index (χ4v) is 9.98. The summed E-state index contributed by atoms with van der Waals surface area (Å²) in [6.45, 7) is 0. The van der Waals surface area contributed by atoms with Gasteiger partial charge in [-0.3, -0.25) is 0 Å². The van der Waals surface area contributed by atoms with Crippen LogP contribution in [-0.4, -0.2) is 0 Å². The molecule has 0 aromatic heterocycles. The van der Waals surface area contributed by atoms with Gasteiger partial charge < -0.3 is 4.90 Å². The minimum absolute atomic E-state index is 1.09. The van der Waals surface area contributed by atoms with Gasteiger partial charge in [0.15, 0.2) is 0 Å². The monoisotopic (exact) mass is 825 g/mol. The first-order valence-corrected chi connectivity index (χ1v) is 22.4.